The van der Waals surface area contributed by atoms with E-state index in [2.05, 4.69) is 65.0 Å². The Bertz CT molecular complexity index is 533. The lowest BCUT2D eigenvalue weighted by Crippen LogP contribution is -1.94. The Balaban J connectivity index is 2.78. The van der Waals surface area contributed by atoms with Crippen LogP contribution in [0.4, 0.5) is 0 Å². The minimum Gasteiger partial charge on any atom is -0.0613 e. The van der Waals surface area contributed by atoms with Crippen molar-refractivity contribution < 1.29 is 0 Å². The first-order chi connectivity index (χ1) is 8.00. The highest BCUT2D eigenvalue weighted by Gasteiger charge is 2.09. The fourth-order valence-corrected chi connectivity index (χ4v) is 2.46. The molecule has 0 heterocycles. The van der Waals surface area contributed by atoms with Crippen LogP contribution in [0.1, 0.15) is 56.2 Å². The average molecular weight is 226 g/mol. The van der Waals surface area contributed by atoms with Crippen molar-refractivity contribution in [1.82, 2.24) is 0 Å². The maximum Gasteiger partial charge on any atom is -0.0144 e. The lowest BCUT2D eigenvalue weighted by atomic mass is 9.90. The van der Waals surface area contributed by atoms with Gasteiger partial charge in [0.25, 0.3) is 0 Å². The third-order valence-electron chi connectivity index (χ3n) is 3.55. The van der Waals surface area contributed by atoms with Crippen LogP contribution < -0.4 is 0 Å². The van der Waals surface area contributed by atoms with Gasteiger partial charge in [-0.25, -0.2) is 0 Å². The van der Waals surface area contributed by atoms with E-state index in [0.29, 0.717) is 11.8 Å². The van der Waals surface area contributed by atoms with Crippen LogP contribution in [0.3, 0.4) is 0 Å². The Kier molecular flexibility index (Phi) is 3.24. The standard InChI is InChI=1S/C17H22/c1-11(2)14-9-13(5)16-8-6-7-15(12(3)4)17(16)10-14/h6-12H,1-5H3. The van der Waals surface area contributed by atoms with Crippen molar-refractivity contribution in [2.75, 3.05) is 0 Å². The van der Waals surface area contributed by atoms with Crippen LogP contribution in [-0.2, 0) is 0 Å². The molecule has 2 rings (SSSR count). The molecule has 0 amide bonds. The lowest BCUT2D eigenvalue weighted by Gasteiger charge is -2.15. The minimum absolute atomic E-state index is 0.584. The lowest BCUT2D eigenvalue weighted by molar-refractivity contribution is 0.861. The number of rotatable bonds is 2. The minimum atomic E-state index is 0.584. The van der Waals surface area contributed by atoms with Crippen molar-refractivity contribution in [1.29, 1.82) is 0 Å². The van der Waals surface area contributed by atoms with E-state index < -0.39 is 0 Å². The monoisotopic (exact) mass is 226 g/mol. The van der Waals surface area contributed by atoms with E-state index in [1.54, 1.807) is 0 Å². The summed E-state index contributed by atoms with van der Waals surface area (Å²) < 4.78 is 0. The Hall–Kier alpha value is -1.30. The van der Waals surface area contributed by atoms with Gasteiger partial charge in [0, 0.05) is 0 Å². The third kappa shape index (κ3) is 2.22. The smallest absolute Gasteiger partial charge is 0.0144 e. The molecule has 0 saturated carbocycles. The maximum absolute atomic E-state index is 2.38. The first-order valence-electron chi connectivity index (χ1n) is 6.54. The van der Waals surface area contributed by atoms with Crippen LogP contribution in [-0.4, -0.2) is 0 Å². The second-order valence-corrected chi connectivity index (χ2v) is 5.59. The second-order valence-electron chi connectivity index (χ2n) is 5.59. The van der Waals surface area contributed by atoms with Gasteiger partial charge in [0.1, 0.15) is 0 Å². The number of aryl methyl sites for hydroxylation is 1. The highest BCUT2D eigenvalue weighted by atomic mass is 14.1. The van der Waals surface area contributed by atoms with Crippen LogP contribution >= 0.6 is 0 Å². The molecule has 90 valence electrons. The first kappa shape index (κ1) is 12.2. The largest absolute Gasteiger partial charge is 0.0613 e. The van der Waals surface area contributed by atoms with E-state index in [9.17, 15) is 0 Å². The van der Waals surface area contributed by atoms with E-state index in [0.717, 1.165) is 0 Å². The van der Waals surface area contributed by atoms with Gasteiger partial charge in [-0.05, 0) is 46.2 Å². The molecule has 0 fully saturated rings. The van der Waals surface area contributed by atoms with Crippen LogP contribution in [0.5, 0.6) is 0 Å². The van der Waals surface area contributed by atoms with Crippen molar-refractivity contribution in [3.63, 3.8) is 0 Å². The van der Waals surface area contributed by atoms with Gasteiger partial charge < -0.3 is 0 Å². The quantitative estimate of drug-likeness (QED) is 0.643. The summed E-state index contributed by atoms with van der Waals surface area (Å²) in [5.74, 6) is 1.18. The van der Waals surface area contributed by atoms with Gasteiger partial charge in [-0.1, -0.05) is 58.0 Å². The van der Waals surface area contributed by atoms with E-state index in [4.69, 9.17) is 0 Å². The van der Waals surface area contributed by atoms with Gasteiger partial charge in [0.2, 0.25) is 0 Å². The zero-order valence-corrected chi connectivity index (χ0v) is 11.5. The molecule has 0 aliphatic rings. The molecule has 0 nitrogen and oxygen atoms in total. The number of benzene rings is 2. The van der Waals surface area contributed by atoms with E-state index >= 15 is 0 Å². The highest BCUT2D eigenvalue weighted by molar-refractivity contribution is 5.89. The molecule has 0 aliphatic heterocycles. The summed E-state index contributed by atoms with van der Waals surface area (Å²) in [5, 5.41) is 2.84. The Labute approximate surface area is 105 Å². The van der Waals surface area contributed by atoms with Crippen molar-refractivity contribution in [3.05, 3.63) is 47.0 Å². The highest BCUT2D eigenvalue weighted by Crippen LogP contribution is 2.30. The molecule has 2 aromatic carbocycles. The van der Waals surface area contributed by atoms with Crippen molar-refractivity contribution in [3.8, 4) is 0 Å². The van der Waals surface area contributed by atoms with Gasteiger partial charge >= 0.3 is 0 Å². The number of fused-ring (bicyclic) bond motifs is 1. The summed E-state index contributed by atoms with van der Waals surface area (Å²) in [6.07, 6.45) is 0. The van der Waals surface area contributed by atoms with Crippen LogP contribution in [0, 0.1) is 6.92 Å². The average Bonchev–Trinajstić information content (AvgIpc) is 2.27. The summed E-state index contributed by atoms with van der Waals surface area (Å²) in [6.45, 7) is 11.3. The van der Waals surface area contributed by atoms with E-state index in [-0.39, 0.29) is 0 Å². The molecule has 17 heavy (non-hydrogen) atoms. The summed E-state index contributed by atoms with van der Waals surface area (Å²) >= 11 is 0. The molecule has 0 aromatic heterocycles. The third-order valence-corrected chi connectivity index (χ3v) is 3.55. The summed E-state index contributed by atoms with van der Waals surface area (Å²) in [5.41, 5.74) is 4.31. The molecule has 0 saturated heterocycles. The topological polar surface area (TPSA) is 0 Å². The first-order valence-corrected chi connectivity index (χ1v) is 6.54. The maximum atomic E-state index is 2.38. The van der Waals surface area contributed by atoms with Crippen molar-refractivity contribution in [2.24, 2.45) is 0 Å². The predicted octanol–water partition coefficient (Wildman–Crippen LogP) is 5.40. The molecule has 0 aliphatic carbocycles. The number of hydrogen-bond donors (Lipinski definition) is 0. The predicted molar refractivity (Wildman–Crippen MR) is 76.9 cm³/mol. The summed E-state index contributed by atoms with van der Waals surface area (Å²) in [7, 11) is 0. The van der Waals surface area contributed by atoms with Gasteiger partial charge in [-0.3, -0.25) is 0 Å². The Morgan fingerprint density at radius 2 is 1.53 bits per heavy atom. The summed E-state index contributed by atoms with van der Waals surface area (Å²) in [4.78, 5) is 0. The van der Waals surface area contributed by atoms with Crippen LogP contribution in [0.25, 0.3) is 10.8 Å². The second kappa shape index (κ2) is 4.52. The Morgan fingerprint density at radius 1 is 0.824 bits per heavy atom. The van der Waals surface area contributed by atoms with Gasteiger partial charge in [-0.2, -0.15) is 0 Å². The summed E-state index contributed by atoms with van der Waals surface area (Å²) in [6, 6.07) is 11.4. The van der Waals surface area contributed by atoms with Crippen molar-refractivity contribution >= 4 is 10.8 Å². The van der Waals surface area contributed by atoms with Crippen LogP contribution in [0.15, 0.2) is 30.3 Å². The van der Waals surface area contributed by atoms with E-state index in [1.807, 2.05) is 0 Å². The molecular formula is C17H22. The molecule has 0 spiro atoms. The van der Waals surface area contributed by atoms with Crippen LogP contribution in [0.2, 0.25) is 0 Å². The fraction of sp³-hybridized carbons (Fsp3) is 0.412. The zero-order valence-electron chi connectivity index (χ0n) is 11.5. The SMILES string of the molecule is Cc1cc(C(C)C)cc2c(C(C)C)cccc12. The molecule has 2 aromatic rings. The molecule has 0 atom stereocenters. The van der Waals surface area contributed by atoms with Gasteiger partial charge in [0.15, 0.2) is 0 Å². The number of hydrogen-bond acceptors (Lipinski definition) is 0. The van der Waals surface area contributed by atoms with Crippen molar-refractivity contribution in [2.45, 2.75) is 46.5 Å². The molecule has 0 N–H and O–H groups in total. The fourth-order valence-electron chi connectivity index (χ4n) is 2.46. The molecule has 0 heteroatoms. The molecule has 0 bridgehead atoms. The normalized spacial score (nSPS) is 11.7. The van der Waals surface area contributed by atoms with Gasteiger partial charge in [0.05, 0.1) is 0 Å². The molecular weight excluding hydrogens is 204 g/mol. The van der Waals surface area contributed by atoms with Gasteiger partial charge in [-0.15, -0.1) is 0 Å². The molecule has 0 radical (unpaired) electrons. The zero-order chi connectivity index (χ0) is 12.6. The Morgan fingerprint density at radius 3 is 2.12 bits per heavy atom. The van der Waals surface area contributed by atoms with E-state index in [1.165, 1.54) is 27.5 Å². The molecule has 0 unspecified atom stereocenters.